The second kappa shape index (κ2) is 5.64. The number of hydrogen-bond donors (Lipinski definition) is 2. The van der Waals surface area contributed by atoms with E-state index in [2.05, 4.69) is 4.90 Å². The average Bonchev–Trinajstić information content (AvgIpc) is 2.44. The number of nitrogens with two attached hydrogens (primary N) is 2. The Labute approximate surface area is 98.3 Å². The molecule has 4 N–H and O–H groups in total. The van der Waals surface area contributed by atoms with Crippen molar-refractivity contribution < 1.29 is 4.79 Å². The molecule has 1 amide bonds. The average molecular weight is 227 g/mol. The van der Waals surface area contributed by atoms with E-state index in [1.54, 1.807) is 6.92 Å². The normalized spacial score (nSPS) is 22.8. The summed E-state index contributed by atoms with van der Waals surface area (Å²) in [6, 6.07) is 0.560. The summed E-state index contributed by atoms with van der Waals surface area (Å²) in [5.41, 5.74) is 10.3. The lowest BCUT2D eigenvalue weighted by molar-refractivity contribution is -0.123. The van der Waals surface area contributed by atoms with Crippen molar-refractivity contribution >= 4 is 5.91 Å². The number of hydrogen-bond acceptors (Lipinski definition) is 3. The minimum atomic E-state index is -0.916. The zero-order chi connectivity index (χ0) is 12.2. The van der Waals surface area contributed by atoms with Crippen LogP contribution in [0.2, 0.25) is 0 Å². The van der Waals surface area contributed by atoms with Crippen molar-refractivity contribution in [1.29, 1.82) is 0 Å². The van der Waals surface area contributed by atoms with Gasteiger partial charge in [-0.3, -0.25) is 4.79 Å². The lowest BCUT2D eigenvalue weighted by Crippen LogP contribution is -2.57. The van der Waals surface area contributed by atoms with Gasteiger partial charge in [0, 0.05) is 12.6 Å². The number of primary amides is 1. The van der Waals surface area contributed by atoms with Crippen molar-refractivity contribution in [2.45, 2.75) is 57.0 Å². The second-order valence-electron chi connectivity index (χ2n) is 5.34. The fourth-order valence-corrected chi connectivity index (χ4v) is 2.42. The minimum Gasteiger partial charge on any atom is -0.368 e. The molecule has 0 spiro atoms. The van der Waals surface area contributed by atoms with Crippen LogP contribution in [0.3, 0.4) is 0 Å². The maximum absolute atomic E-state index is 11.2. The van der Waals surface area contributed by atoms with Crippen LogP contribution in [0.5, 0.6) is 0 Å². The molecule has 0 aromatic rings. The molecule has 0 bridgehead atoms. The maximum atomic E-state index is 11.2. The number of carbonyl (C=O) groups is 1. The number of nitrogens with zero attached hydrogens (tertiary/aromatic N) is 1. The summed E-state index contributed by atoms with van der Waals surface area (Å²) in [6.07, 6.45) is 7.66. The minimum absolute atomic E-state index is 0.423. The first kappa shape index (κ1) is 13.5. The summed E-state index contributed by atoms with van der Waals surface area (Å²) in [5, 5.41) is 0. The lowest BCUT2D eigenvalue weighted by atomic mass is 10.00. The molecule has 4 heteroatoms. The highest BCUT2D eigenvalue weighted by Gasteiger charge is 2.29. The van der Waals surface area contributed by atoms with Gasteiger partial charge in [0.2, 0.25) is 5.91 Å². The van der Waals surface area contributed by atoms with Crippen LogP contribution < -0.4 is 11.5 Å². The highest BCUT2D eigenvalue weighted by atomic mass is 16.1. The molecular formula is C12H25N3O. The van der Waals surface area contributed by atoms with Crippen molar-refractivity contribution in [3.8, 4) is 0 Å². The molecule has 0 aromatic carbocycles. The van der Waals surface area contributed by atoms with Gasteiger partial charge in [-0.05, 0) is 26.8 Å². The van der Waals surface area contributed by atoms with E-state index in [0.29, 0.717) is 12.6 Å². The van der Waals surface area contributed by atoms with Crippen LogP contribution in [0.1, 0.15) is 45.4 Å². The molecule has 0 saturated heterocycles. The Balaban J connectivity index is 2.49. The topological polar surface area (TPSA) is 72.3 Å². The molecule has 1 aliphatic carbocycles. The smallest absolute Gasteiger partial charge is 0.238 e. The van der Waals surface area contributed by atoms with Gasteiger partial charge >= 0.3 is 0 Å². The molecule has 0 radical (unpaired) electrons. The Morgan fingerprint density at radius 2 is 1.81 bits per heavy atom. The van der Waals surface area contributed by atoms with Crippen molar-refractivity contribution in [3.63, 3.8) is 0 Å². The molecule has 16 heavy (non-hydrogen) atoms. The van der Waals surface area contributed by atoms with Gasteiger partial charge in [-0.25, -0.2) is 0 Å². The van der Waals surface area contributed by atoms with E-state index in [4.69, 9.17) is 11.5 Å². The van der Waals surface area contributed by atoms with E-state index < -0.39 is 11.4 Å². The zero-order valence-corrected chi connectivity index (χ0v) is 10.5. The number of carbonyl (C=O) groups excluding carboxylic acids is 1. The van der Waals surface area contributed by atoms with Gasteiger partial charge in [0.1, 0.15) is 5.54 Å². The van der Waals surface area contributed by atoms with Crippen molar-refractivity contribution in [2.75, 3.05) is 13.6 Å². The van der Waals surface area contributed by atoms with E-state index in [9.17, 15) is 4.79 Å². The fraction of sp³-hybridized carbons (Fsp3) is 0.917. The molecule has 4 nitrogen and oxygen atoms in total. The molecule has 1 rings (SSSR count). The third-order valence-corrected chi connectivity index (χ3v) is 3.59. The first-order valence-electron chi connectivity index (χ1n) is 6.22. The predicted molar refractivity (Wildman–Crippen MR) is 65.9 cm³/mol. The van der Waals surface area contributed by atoms with E-state index in [1.807, 2.05) is 7.05 Å². The summed E-state index contributed by atoms with van der Waals surface area (Å²) >= 11 is 0. The highest BCUT2D eigenvalue weighted by molar-refractivity contribution is 5.84. The number of amides is 1. The van der Waals surface area contributed by atoms with Crippen LogP contribution in [-0.4, -0.2) is 36.0 Å². The van der Waals surface area contributed by atoms with Gasteiger partial charge < -0.3 is 16.4 Å². The first-order chi connectivity index (χ1) is 7.43. The monoisotopic (exact) mass is 227 g/mol. The third-order valence-electron chi connectivity index (χ3n) is 3.59. The molecule has 1 saturated carbocycles. The van der Waals surface area contributed by atoms with Crippen LogP contribution in [-0.2, 0) is 4.79 Å². The summed E-state index contributed by atoms with van der Waals surface area (Å²) in [6.45, 7) is 2.26. The Kier molecular flexibility index (Phi) is 4.74. The highest BCUT2D eigenvalue weighted by Crippen LogP contribution is 2.21. The third kappa shape index (κ3) is 3.76. The summed E-state index contributed by atoms with van der Waals surface area (Å²) in [5.74, 6) is -0.423. The lowest BCUT2D eigenvalue weighted by Gasteiger charge is -2.33. The van der Waals surface area contributed by atoms with Gasteiger partial charge in [-0.15, -0.1) is 0 Å². The summed E-state index contributed by atoms with van der Waals surface area (Å²) in [7, 11) is 2.05. The molecule has 1 fully saturated rings. The number of likely N-dealkylation sites (N-methyl/N-ethyl adjacent to an activating group) is 1. The largest absolute Gasteiger partial charge is 0.368 e. The standard InChI is InChI=1S/C12H25N3O/c1-12(14,11(13)16)9-15(2)10-7-5-3-4-6-8-10/h10H,3-9,14H2,1-2H3,(H2,13,16). The molecule has 1 atom stereocenters. The Bertz CT molecular complexity index is 232. The van der Waals surface area contributed by atoms with Crippen LogP contribution in [0, 0.1) is 0 Å². The maximum Gasteiger partial charge on any atom is 0.238 e. The second-order valence-corrected chi connectivity index (χ2v) is 5.34. The van der Waals surface area contributed by atoms with Crippen LogP contribution in [0.4, 0.5) is 0 Å². The SMILES string of the molecule is CN(CC(C)(N)C(N)=O)C1CCCCCC1. The molecule has 1 unspecified atom stereocenters. The van der Waals surface area contributed by atoms with Crippen molar-refractivity contribution in [2.24, 2.45) is 11.5 Å². The quantitative estimate of drug-likeness (QED) is 0.699. The molecule has 0 aliphatic heterocycles. The van der Waals surface area contributed by atoms with Gasteiger partial charge in [0.05, 0.1) is 0 Å². The number of rotatable bonds is 4. The van der Waals surface area contributed by atoms with Gasteiger partial charge in [0.15, 0.2) is 0 Å². The Hall–Kier alpha value is -0.610. The van der Waals surface area contributed by atoms with Crippen LogP contribution in [0.25, 0.3) is 0 Å². The van der Waals surface area contributed by atoms with Crippen molar-refractivity contribution in [3.05, 3.63) is 0 Å². The van der Waals surface area contributed by atoms with E-state index >= 15 is 0 Å². The fourth-order valence-electron chi connectivity index (χ4n) is 2.42. The van der Waals surface area contributed by atoms with Gasteiger partial charge in [0.25, 0.3) is 0 Å². The Morgan fingerprint density at radius 3 is 2.25 bits per heavy atom. The van der Waals surface area contributed by atoms with E-state index in [0.717, 1.165) is 0 Å². The predicted octanol–water partition coefficient (Wildman–Crippen LogP) is 0.844. The zero-order valence-electron chi connectivity index (χ0n) is 10.5. The van der Waals surface area contributed by atoms with Crippen LogP contribution >= 0.6 is 0 Å². The Morgan fingerprint density at radius 1 is 1.31 bits per heavy atom. The first-order valence-corrected chi connectivity index (χ1v) is 6.22. The van der Waals surface area contributed by atoms with Crippen molar-refractivity contribution in [1.82, 2.24) is 4.90 Å². The summed E-state index contributed by atoms with van der Waals surface area (Å²) in [4.78, 5) is 13.4. The molecule has 0 aromatic heterocycles. The molecule has 0 heterocycles. The van der Waals surface area contributed by atoms with Gasteiger partial charge in [-0.1, -0.05) is 25.7 Å². The molecule has 94 valence electrons. The van der Waals surface area contributed by atoms with Gasteiger partial charge in [-0.2, -0.15) is 0 Å². The van der Waals surface area contributed by atoms with E-state index in [1.165, 1.54) is 38.5 Å². The molecular weight excluding hydrogens is 202 g/mol. The molecule has 1 aliphatic rings. The summed E-state index contributed by atoms with van der Waals surface area (Å²) < 4.78 is 0. The van der Waals surface area contributed by atoms with E-state index in [-0.39, 0.29) is 0 Å². The van der Waals surface area contributed by atoms with Crippen LogP contribution in [0.15, 0.2) is 0 Å².